The van der Waals surface area contributed by atoms with Gasteiger partial charge >= 0.3 is 0 Å². The fraction of sp³-hybridized carbons (Fsp3) is 0.903. The maximum absolute atomic E-state index is 4.96. The molecule has 2 heteroatoms. The lowest BCUT2D eigenvalue weighted by Crippen LogP contribution is -2.49. The van der Waals surface area contributed by atoms with Crippen LogP contribution in [0.15, 0.2) is 12.4 Å². The maximum Gasteiger partial charge on any atom is 0.114 e. The number of aryl methyl sites for hydroxylation is 1. The summed E-state index contributed by atoms with van der Waals surface area (Å²) in [6.45, 7) is 3.51. The molecule has 0 amide bonds. The zero-order valence-corrected chi connectivity index (χ0v) is 22.0. The highest BCUT2D eigenvalue weighted by Crippen LogP contribution is 2.60. The second kappa shape index (κ2) is 13.3. The highest BCUT2D eigenvalue weighted by molar-refractivity contribution is 5.18. The highest BCUT2D eigenvalue weighted by atomic mass is 15.1. The van der Waals surface area contributed by atoms with Crippen molar-refractivity contribution < 1.29 is 0 Å². The van der Waals surface area contributed by atoms with Crippen molar-refractivity contribution >= 4 is 0 Å². The van der Waals surface area contributed by atoms with Gasteiger partial charge in [-0.3, -0.25) is 0 Å². The zero-order chi connectivity index (χ0) is 22.8. The molecule has 0 aliphatic heterocycles. The van der Waals surface area contributed by atoms with Crippen LogP contribution in [0.2, 0.25) is 0 Å². The molecular formula is C31H54N2. The molecule has 0 unspecified atom stereocenters. The molecule has 1 heterocycles. The number of imidazole rings is 1. The van der Waals surface area contributed by atoms with E-state index in [9.17, 15) is 0 Å². The average molecular weight is 455 g/mol. The number of hydrogen-bond acceptors (Lipinski definition) is 1. The summed E-state index contributed by atoms with van der Waals surface area (Å²) in [6, 6.07) is 0. The molecular weight excluding hydrogens is 400 g/mol. The predicted octanol–water partition coefficient (Wildman–Crippen LogP) is 9.61. The summed E-state index contributed by atoms with van der Waals surface area (Å²) in [5, 5.41) is 0. The number of nitrogens with zero attached hydrogens (tertiary/aromatic N) is 2. The van der Waals surface area contributed by atoms with E-state index >= 15 is 0 Å². The Morgan fingerprint density at radius 3 is 1.55 bits per heavy atom. The molecule has 1 aromatic heterocycles. The SMILES string of the molecule is CCCCCCCCCCCCCCCCCCn1ccnc1C12CC3CC(CC(C3)C1)C2. The van der Waals surface area contributed by atoms with Crippen LogP contribution in [0.4, 0.5) is 0 Å². The fourth-order valence-electron chi connectivity index (χ4n) is 8.17. The monoisotopic (exact) mass is 454 g/mol. The lowest BCUT2D eigenvalue weighted by Gasteiger charge is -2.56. The summed E-state index contributed by atoms with van der Waals surface area (Å²) in [4.78, 5) is 4.96. The van der Waals surface area contributed by atoms with E-state index in [0.29, 0.717) is 5.41 Å². The lowest BCUT2D eigenvalue weighted by molar-refractivity contribution is -0.0110. The minimum absolute atomic E-state index is 0.452. The Balaban J connectivity index is 1.01. The number of unbranched alkanes of at least 4 members (excludes halogenated alkanes) is 15. The molecule has 0 aromatic carbocycles. The molecule has 33 heavy (non-hydrogen) atoms. The molecule has 4 aliphatic rings. The van der Waals surface area contributed by atoms with Crippen LogP contribution in [0.25, 0.3) is 0 Å². The van der Waals surface area contributed by atoms with Crippen molar-refractivity contribution in [2.45, 2.75) is 160 Å². The minimum atomic E-state index is 0.452. The van der Waals surface area contributed by atoms with E-state index in [4.69, 9.17) is 4.98 Å². The molecule has 1 aromatic rings. The fourth-order valence-corrected chi connectivity index (χ4v) is 8.17. The Bertz CT molecular complexity index is 624. The molecule has 2 nitrogen and oxygen atoms in total. The van der Waals surface area contributed by atoms with Crippen molar-refractivity contribution in [1.82, 2.24) is 9.55 Å². The first-order chi connectivity index (χ1) is 16.3. The van der Waals surface area contributed by atoms with E-state index < -0.39 is 0 Å². The van der Waals surface area contributed by atoms with Crippen LogP contribution in [-0.4, -0.2) is 9.55 Å². The van der Waals surface area contributed by atoms with Gasteiger partial charge in [0.15, 0.2) is 0 Å². The Hall–Kier alpha value is -0.790. The van der Waals surface area contributed by atoms with Crippen LogP contribution in [0.1, 0.15) is 154 Å². The van der Waals surface area contributed by atoms with Crippen molar-refractivity contribution in [1.29, 1.82) is 0 Å². The molecule has 0 atom stereocenters. The van der Waals surface area contributed by atoms with E-state index in [0.717, 1.165) is 17.8 Å². The zero-order valence-electron chi connectivity index (χ0n) is 22.0. The quantitative estimate of drug-likeness (QED) is 0.202. The van der Waals surface area contributed by atoms with Gasteiger partial charge in [0.1, 0.15) is 5.82 Å². The van der Waals surface area contributed by atoms with Crippen LogP contribution in [-0.2, 0) is 12.0 Å². The van der Waals surface area contributed by atoms with Crippen LogP contribution in [0, 0.1) is 17.8 Å². The van der Waals surface area contributed by atoms with Gasteiger partial charge in [0.25, 0.3) is 0 Å². The molecule has 4 fully saturated rings. The Morgan fingerprint density at radius 1 is 0.667 bits per heavy atom. The second-order valence-electron chi connectivity index (χ2n) is 12.4. The summed E-state index contributed by atoms with van der Waals surface area (Å²) in [5.41, 5.74) is 0.452. The van der Waals surface area contributed by atoms with Gasteiger partial charge in [-0.25, -0.2) is 4.98 Å². The van der Waals surface area contributed by atoms with E-state index in [1.54, 1.807) is 0 Å². The van der Waals surface area contributed by atoms with Crippen molar-refractivity contribution in [3.8, 4) is 0 Å². The molecule has 4 saturated carbocycles. The first-order valence-corrected chi connectivity index (χ1v) is 15.3. The molecule has 0 radical (unpaired) electrons. The van der Waals surface area contributed by atoms with E-state index in [-0.39, 0.29) is 0 Å². The molecule has 0 saturated heterocycles. The van der Waals surface area contributed by atoms with Crippen molar-refractivity contribution in [2.75, 3.05) is 0 Å². The van der Waals surface area contributed by atoms with Gasteiger partial charge in [-0.1, -0.05) is 103 Å². The van der Waals surface area contributed by atoms with Crippen LogP contribution in [0.5, 0.6) is 0 Å². The predicted molar refractivity (Wildman–Crippen MR) is 142 cm³/mol. The summed E-state index contributed by atoms with van der Waals surface area (Å²) in [7, 11) is 0. The lowest BCUT2D eigenvalue weighted by atomic mass is 9.49. The van der Waals surface area contributed by atoms with Crippen molar-refractivity contribution in [3.05, 3.63) is 18.2 Å². The van der Waals surface area contributed by atoms with Gasteiger partial charge in [0, 0.05) is 24.4 Å². The van der Waals surface area contributed by atoms with Crippen LogP contribution >= 0.6 is 0 Å². The van der Waals surface area contributed by atoms with Gasteiger partial charge < -0.3 is 4.57 Å². The molecule has 5 rings (SSSR count). The maximum atomic E-state index is 4.96. The van der Waals surface area contributed by atoms with Crippen molar-refractivity contribution in [2.24, 2.45) is 17.8 Å². The standard InChI is InChI=1S/C31H54N2/c1-2-3-4-5-6-7-8-9-10-11-12-13-14-15-16-17-19-33-20-18-32-30(33)31-24-27-21-28(25-31)23-29(22-27)26-31/h18,20,27-29H,2-17,19,21-26H2,1H3. The second-order valence-corrected chi connectivity index (χ2v) is 12.4. The van der Waals surface area contributed by atoms with Crippen molar-refractivity contribution in [3.63, 3.8) is 0 Å². The van der Waals surface area contributed by atoms with Gasteiger partial charge in [-0.05, 0) is 62.7 Å². The summed E-state index contributed by atoms with van der Waals surface area (Å²) >= 11 is 0. The van der Waals surface area contributed by atoms with Gasteiger partial charge in [0.2, 0.25) is 0 Å². The number of hydrogen-bond donors (Lipinski definition) is 0. The van der Waals surface area contributed by atoms with Crippen LogP contribution < -0.4 is 0 Å². The first-order valence-electron chi connectivity index (χ1n) is 15.3. The molecule has 0 spiro atoms. The van der Waals surface area contributed by atoms with E-state index in [1.807, 2.05) is 0 Å². The average Bonchev–Trinajstić information content (AvgIpc) is 3.27. The topological polar surface area (TPSA) is 17.8 Å². The minimum Gasteiger partial charge on any atom is -0.334 e. The molecule has 0 N–H and O–H groups in total. The Labute approximate surface area is 205 Å². The van der Waals surface area contributed by atoms with Gasteiger partial charge in [-0.2, -0.15) is 0 Å². The third kappa shape index (κ3) is 7.35. The summed E-state index contributed by atoms with van der Waals surface area (Å²) in [6.07, 6.45) is 36.4. The van der Waals surface area contributed by atoms with E-state index in [1.165, 1.54) is 154 Å². The Kier molecular flexibility index (Phi) is 10.2. The molecule has 4 bridgehead atoms. The van der Waals surface area contributed by atoms with Crippen LogP contribution in [0.3, 0.4) is 0 Å². The third-order valence-electron chi connectivity index (χ3n) is 9.48. The molecule has 4 aliphatic carbocycles. The van der Waals surface area contributed by atoms with Gasteiger partial charge in [0.05, 0.1) is 0 Å². The van der Waals surface area contributed by atoms with E-state index in [2.05, 4.69) is 23.9 Å². The van der Waals surface area contributed by atoms with Gasteiger partial charge in [-0.15, -0.1) is 0 Å². The highest BCUT2D eigenvalue weighted by Gasteiger charge is 2.53. The summed E-state index contributed by atoms with van der Waals surface area (Å²) < 4.78 is 2.57. The normalized spacial score (nSPS) is 28.1. The number of rotatable bonds is 18. The third-order valence-corrected chi connectivity index (χ3v) is 9.48. The molecule has 188 valence electrons. The largest absolute Gasteiger partial charge is 0.334 e. The Morgan fingerprint density at radius 2 is 1.09 bits per heavy atom. The number of aromatic nitrogens is 2. The summed E-state index contributed by atoms with van der Waals surface area (Å²) in [5.74, 6) is 4.51. The smallest absolute Gasteiger partial charge is 0.114 e. The first kappa shape index (κ1) is 25.3.